The third kappa shape index (κ3) is 4.97. The minimum absolute atomic E-state index is 0.186. The van der Waals surface area contributed by atoms with Gasteiger partial charge in [-0.1, -0.05) is 0 Å². The van der Waals surface area contributed by atoms with E-state index in [0.717, 1.165) is 31.6 Å². The summed E-state index contributed by atoms with van der Waals surface area (Å²) in [6, 6.07) is 0. The molecule has 0 unspecified atom stereocenters. The van der Waals surface area contributed by atoms with Crippen molar-refractivity contribution in [3.63, 3.8) is 0 Å². The highest BCUT2D eigenvalue weighted by Crippen LogP contribution is 2.48. The molecule has 173 valence electrons. The van der Waals surface area contributed by atoms with Gasteiger partial charge in [0.05, 0.1) is 11.2 Å². The van der Waals surface area contributed by atoms with Crippen molar-refractivity contribution in [3.05, 3.63) is 18.1 Å². The molecule has 0 fully saturated rings. The van der Waals surface area contributed by atoms with E-state index >= 15 is 0 Å². The van der Waals surface area contributed by atoms with Crippen LogP contribution in [0.25, 0.3) is 5.82 Å². The first-order valence-corrected chi connectivity index (χ1v) is 8.64. The fraction of sp³-hybridized carbons (Fsp3) is 0.625. The lowest BCUT2D eigenvalue weighted by Crippen LogP contribution is -2.49. The summed E-state index contributed by atoms with van der Waals surface area (Å²) in [4.78, 5) is 0. The van der Waals surface area contributed by atoms with E-state index in [1.54, 1.807) is 13.8 Å². The molecule has 2 aromatic rings. The zero-order chi connectivity index (χ0) is 24.0. The van der Waals surface area contributed by atoms with E-state index in [-0.39, 0.29) is 5.46 Å². The Morgan fingerprint density at radius 3 is 2.16 bits per heavy atom. The van der Waals surface area contributed by atoms with Crippen LogP contribution in [0.4, 0.5) is 30.7 Å². The van der Waals surface area contributed by atoms with Gasteiger partial charge in [0.2, 0.25) is 0 Å². The van der Waals surface area contributed by atoms with Crippen LogP contribution in [0.2, 0.25) is 0 Å². The molecule has 0 aliphatic carbocycles. The average Bonchev–Trinajstić information content (AvgIpc) is 3.15. The van der Waals surface area contributed by atoms with E-state index in [0.29, 0.717) is 4.68 Å². The maximum absolute atomic E-state index is 13.8. The molecule has 0 saturated carbocycles. The van der Waals surface area contributed by atoms with Gasteiger partial charge in [-0.25, -0.2) is 9.36 Å². The van der Waals surface area contributed by atoms with Gasteiger partial charge < -0.3 is 14.5 Å². The molecule has 31 heavy (non-hydrogen) atoms. The fourth-order valence-corrected chi connectivity index (χ4v) is 2.16. The Hall–Kier alpha value is -2.29. The number of halogens is 7. The fourth-order valence-electron chi connectivity index (χ4n) is 2.16. The van der Waals surface area contributed by atoms with Crippen LogP contribution in [0, 0.1) is 0 Å². The molecule has 2 heterocycles. The normalized spacial score (nSPS) is 13.7. The molecule has 1 N–H and O–H groups in total. The van der Waals surface area contributed by atoms with Gasteiger partial charge in [0.1, 0.15) is 0 Å². The van der Waals surface area contributed by atoms with E-state index in [4.69, 9.17) is 4.65 Å². The van der Waals surface area contributed by atoms with Crippen LogP contribution in [0.3, 0.4) is 0 Å². The van der Waals surface area contributed by atoms with E-state index in [1.807, 2.05) is 0 Å². The number of nitrogens with zero attached hydrogens (tertiary/aromatic N) is 4. The number of aryl methyl sites for hydroxylation is 1. The highest BCUT2D eigenvalue weighted by Gasteiger charge is 2.62. The first-order chi connectivity index (χ1) is 13.9. The van der Waals surface area contributed by atoms with Gasteiger partial charge in [-0.15, -0.1) is 0 Å². The third-order valence-corrected chi connectivity index (χ3v) is 4.62. The van der Waals surface area contributed by atoms with Gasteiger partial charge >= 0.3 is 26.2 Å². The molecule has 0 bridgehead atoms. The summed E-state index contributed by atoms with van der Waals surface area (Å²) in [5.74, 6) is -7.73. The summed E-state index contributed by atoms with van der Waals surface area (Å²) in [6.45, 7) is 2.44. The van der Waals surface area contributed by atoms with E-state index in [1.165, 1.54) is 13.8 Å². The monoisotopic (exact) mass is 459 g/mol. The molecule has 0 aromatic carbocycles. The molecule has 0 amide bonds. The lowest BCUT2D eigenvalue weighted by Gasteiger charge is -2.37. The second kappa shape index (κ2) is 8.00. The van der Waals surface area contributed by atoms with Gasteiger partial charge in [0.25, 0.3) is 0 Å². The molecule has 1 radical (unpaired) electrons. The molecule has 0 saturated heterocycles. The predicted octanol–water partition coefficient (Wildman–Crippen LogP) is 2.67. The van der Waals surface area contributed by atoms with Crippen LogP contribution >= 0.6 is 0 Å². The molecule has 7 nitrogen and oxygen atoms in total. The number of hydrogen-bond donors (Lipinski definition) is 1. The van der Waals surface area contributed by atoms with Crippen molar-refractivity contribution < 1.29 is 45.2 Å². The smallest absolute Gasteiger partial charge is 0.428 e. The Labute approximate surface area is 173 Å². The van der Waals surface area contributed by atoms with Gasteiger partial charge in [0.15, 0.2) is 17.3 Å². The molecular formula is C16H19BF7N4O3. The second-order valence-corrected chi connectivity index (χ2v) is 7.60. The molecule has 0 spiro atoms. The minimum Gasteiger partial charge on any atom is -0.428 e. The minimum atomic E-state index is -6.10. The lowest BCUT2D eigenvalue weighted by molar-refractivity contribution is -0.291. The number of rotatable bonds is 8. The molecule has 0 aliphatic rings. The Balaban J connectivity index is 2.46. The molecule has 2 rings (SSSR count). The van der Waals surface area contributed by atoms with Crippen LogP contribution in [0.5, 0.6) is 5.75 Å². The number of aromatic nitrogens is 4. The van der Waals surface area contributed by atoms with Crippen LogP contribution in [0.15, 0.2) is 12.4 Å². The summed E-state index contributed by atoms with van der Waals surface area (Å²) in [5, 5.41) is 16.9. The number of ether oxygens (including phenoxy) is 1. The molecular weight excluding hydrogens is 440 g/mol. The lowest BCUT2D eigenvalue weighted by atomic mass is 9.84. The largest absolute Gasteiger partial charge is 0.459 e. The third-order valence-electron chi connectivity index (χ3n) is 4.62. The number of hydrogen-bond acceptors (Lipinski definition) is 5. The first kappa shape index (κ1) is 25.0. The summed E-state index contributed by atoms with van der Waals surface area (Å²) in [7, 11) is 2.11. The van der Waals surface area contributed by atoms with E-state index in [9.17, 15) is 35.8 Å². The first-order valence-electron chi connectivity index (χ1n) is 8.64. The summed E-state index contributed by atoms with van der Waals surface area (Å²) in [6.07, 6.45) is -3.87. The quantitative estimate of drug-likeness (QED) is 0.486. The van der Waals surface area contributed by atoms with Crippen LogP contribution in [-0.4, -0.2) is 56.1 Å². The Bertz CT molecular complexity index is 919. The molecule has 2 aromatic heterocycles. The summed E-state index contributed by atoms with van der Waals surface area (Å²) in [5.41, 5.74) is -4.19. The summed E-state index contributed by atoms with van der Waals surface area (Å²) < 4.78 is 102. The number of aliphatic hydroxyl groups is 1. The maximum Gasteiger partial charge on any atom is 0.459 e. The Morgan fingerprint density at radius 1 is 1.10 bits per heavy atom. The zero-order valence-electron chi connectivity index (χ0n) is 17.0. The van der Waals surface area contributed by atoms with Gasteiger partial charge in [-0.05, 0) is 33.2 Å². The van der Waals surface area contributed by atoms with Crippen molar-refractivity contribution in [2.75, 3.05) is 0 Å². The van der Waals surface area contributed by atoms with Gasteiger partial charge in [-0.3, -0.25) is 0 Å². The van der Waals surface area contributed by atoms with Crippen LogP contribution in [0.1, 0.15) is 33.4 Å². The topological polar surface area (TPSA) is 74.3 Å². The van der Waals surface area contributed by atoms with E-state index in [2.05, 4.69) is 14.9 Å². The number of alkyl halides is 7. The van der Waals surface area contributed by atoms with Crippen molar-refractivity contribution in [3.8, 4) is 11.6 Å². The highest BCUT2D eigenvalue weighted by molar-refractivity contribution is 6.46. The zero-order valence-corrected chi connectivity index (χ0v) is 17.0. The van der Waals surface area contributed by atoms with Gasteiger partial charge in [-0.2, -0.15) is 40.9 Å². The molecule has 0 atom stereocenters. The van der Waals surface area contributed by atoms with Crippen LogP contribution in [-0.2, 0) is 17.6 Å². The summed E-state index contributed by atoms with van der Waals surface area (Å²) >= 11 is 0. The average molecular weight is 459 g/mol. The van der Waals surface area contributed by atoms with Crippen molar-refractivity contribution in [1.29, 1.82) is 0 Å². The SMILES string of the molecule is Cn1nc(C(F)(F)C(F)(F)F)c(OC(F)F)c1-n1cc([B]OC(C)(C)C(C)(C)O)cn1. The molecule has 0 aliphatic heterocycles. The highest BCUT2D eigenvalue weighted by atomic mass is 19.4. The Kier molecular flexibility index (Phi) is 6.45. The standard InChI is InChI=1S/C16H19BF7N4O3/c1-13(2,29)14(3,4)31-17-8-6-25-28(7-8)11-9(30-12(18)19)10(26-27(11)5)15(20,21)16(22,23)24/h6-7,12,29H,1-5H3. The van der Waals surface area contributed by atoms with Crippen LogP contribution < -0.4 is 10.2 Å². The van der Waals surface area contributed by atoms with E-state index < -0.39 is 47.2 Å². The molecule has 15 heteroatoms. The van der Waals surface area contributed by atoms with Crippen molar-refractivity contribution in [2.45, 2.75) is 57.6 Å². The maximum atomic E-state index is 13.8. The van der Waals surface area contributed by atoms with Crippen molar-refractivity contribution in [1.82, 2.24) is 19.6 Å². The predicted molar refractivity (Wildman–Crippen MR) is 93.8 cm³/mol. The van der Waals surface area contributed by atoms with Gasteiger partial charge in [0, 0.05) is 19.4 Å². The second-order valence-electron chi connectivity index (χ2n) is 7.60. The van der Waals surface area contributed by atoms with Crippen molar-refractivity contribution >= 4 is 12.9 Å². The van der Waals surface area contributed by atoms with Crippen molar-refractivity contribution in [2.24, 2.45) is 7.05 Å². The Morgan fingerprint density at radius 2 is 1.68 bits per heavy atom.